The van der Waals surface area contributed by atoms with Crippen molar-refractivity contribution in [2.75, 3.05) is 13.7 Å². The van der Waals surface area contributed by atoms with E-state index in [4.69, 9.17) is 9.47 Å². The van der Waals surface area contributed by atoms with Gasteiger partial charge in [0.2, 0.25) is 0 Å². The molecule has 2 aromatic carbocycles. The van der Waals surface area contributed by atoms with Crippen LogP contribution < -0.4 is 9.47 Å². The van der Waals surface area contributed by atoms with Gasteiger partial charge in [0.1, 0.15) is 25.1 Å². The van der Waals surface area contributed by atoms with E-state index in [1.54, 1.807) is 22.8 Å². The molecule has 0 fully saturated rings. The molecule has 27 heavy (non-hydrogen) atoms. The Labute approximate surface area is 156 Å². The predicted molar refractivity (Wildman–Crippen MR) is 100 cm³/mol. The number of para-hydroxylation sites is 2. The van der Waals surface area contributed by atoms with Gasteiger partial charge in [-0.05, 0) is 37.3 Å². The van der Waals surface area contributed by atoms with Crippen LogP contribution in [0.4, 0.5) is 0 Å². The Morgan fingerprint density at radius 2 is 2.00 bits per heavy atom. The highest BCUT2D eigenvalue weighted by Gasteiger charge is 2.15. The van der Waals surface area contributed by atoms with Crippen molar-refractivity contribution in [3.8, 4) is 11.5 Å². The molecule has 1 atom stereocenters. The molecule has 0 spiro atoms. The maximum atomic E-state index is 11.5. The summed E-state index contributed by atoms with van der Waals surface area (Å²) in [4.78, 5) is 15.8. The third kappa shape index (κ3) is 4.10. The fourth-order valence-corrected chi connectivity index (χ4v) is 2.91. The summed E-state index contributed by atoms with van der Waals surface area (Å²) in [7, 11) is 1.49. The van der Waals surface area contributed by atoms with Crippen molar-refractivity contribution in [3.63, 3.8) is 0 Å². The van der Waals surface area contributed by atoms with Crippen molar-refractivity contribution < 1.29 is 24.5 Å². The van der Waals surface area contributed by atoms with Crippen LogP contribution >= 0.6 is 0 Å². The predicted octanol–water partition coefficient (Wildman–Crippen LogP) is 2.18. The van der Waals surface area contributed by atoms with Gasteiger partial charge in [-0.1, -0.05) is 12.1 Å². The van der Waals surface area contributed by atoms with Crippen molar-refractivity contribution in [3.05, 3.63) is 53.9 Å². The molecule has 0 saturated carbocycles. The minimum absolute atomic E-state index is 0.0210. The Hall–Kier alpha value is -2.90. The number of ether oxygens (including phenoxy) is 2. The highest BCUT2D eigenvalue weighted by molar-refractivity contribution is 5.94. The summed E-state index contributed by atoms with van der Waals surface area (Å²) in [5, 5.41) is 20.0. The summed E-state index contributed by atoms with van der Waals surface area (Å²) in [6.07, 6.45) is -0.829. The maximum Gasteiger partial charge on any atom is 0.161 e. The SMILES string of the molecule is COc1cc(C(C)=O)ccc1OC[C@H](O)Cn1c(CO)nc2ccccc21. The molecule has 0 aliphatic heterocycles. The summed E-state index contributed by atoms with van der Waals surface area (Å²) in [5.74, 6) is 1.29. The quantitative estimate of drug-likeness (QED) is 0.590. The zero-order valence-electron chi connectivity index (χ0n) is 15.3. The van der Waals surface area contributed by atoms with Crippen molar-refractivity contribution >= 4 is 16.8 Å². The van der Waals surface area contributed by atoms with Gasteiger partial charge in [-0.25, -0.2) is 4.98 Å². The molecule has 3 rings (SSSR count). The molecule has 0 aliphatic rings. The Morgan fingerprint density at radius 1 is 1.22 bits per heavy atom. The van der Waals surface area contributed by atoms with Crippen molar-refractivity contribution in [2.24, 2.45) is 0 Å². The molecule has 0 aliphatic carbocycles. The molecule has 0 amide bonds. The van der Waals surface area contributed by atoms with Gasteiger partial charge in [0.15, 0.2) is 17.3 Å². The number of hydrogen-bond donors (Lipinski definition) is 2. The number of imidazole rings is 1. The molecule has 1 aromatic heterocycles. The highest BCUT2D eigenvalue weighted by Crippen LogP contribution is 2.28. The second-order valence-electron chi connectivity index (χ2n) is 6.17. The number of nitrogens with zero attached hydrogens (tertiary/aromatic N) is 2. The van der Waals surface area contributed by atoms with Crippen LogP contribution in [0.1, 0.15) is 23.1 Å². The number of fused-ring (bicyclic) bond motifs is 1. The zero-order chi connectivity index (χ0) is 19.4. The number of benzene rings is 2. The lowest BCUT2D eigenvalue weighted by Gasteiger charge is -2.16. The van der Waals surface area contributed by atoms with E-state index in [-0.39, 0.29) is 25.5 Å². The van der Waals surface area contributed by atoms with E-state index in [2.05, 4.69) is 4.98 Å². The first kappa shape index (κ1) is 18.9. The lowest BCUT2D eigenvalue weighted by Crippen LogP contribution is -2.24. The summed E-state index contributed by atoms with van der Waals surface area (Å²) in [6.45, 7) is 1.51. The largest absolute Gasteiger partial charge is 0.493 e. The molecule has 3 aromatic rings. The van der Waals surface area contributed by atoms with Crippen LogP contribution in [0.25, 0.3) is 11.0 Å². The Kier molecular flexibility index (Phi) is 5.73. The summed E-state index contributed by atoms with van der Waals surface area (Å²) < 4.78 is 12.7. The fraction of sp³-hybridized carbons (Fsp3) is 0.300. The minimum atomic E-state index is -0.829. The summed E-state index contributed by atoms with van der Waals surface area (Å²) in [6, 6.07) is 12.4. The first-order valence-electron chi connectivity index (χ1n) is 8.58. The Bertz CT molecular complexity index is 951. The van der Waals surface area contributed by atoms with Crippen LogP contribution in [0.15, 0.2) is 42.5 Å². The molecule has 7 nitrogen and oxygen atoms in total. The van der Waals surface area contributed by atoms with Crippen LogP contribution in [0.2, 0.25) is 0 Å². The third-order valence-electron chi connectivity index (χ3n) is 4.27. The molecule has 0 unspecified atom stereocenters. The molecule has 2 N–H and O–H groups in total. The lowest BCUT2D eigenvalue weighted by molar-refractivity contribution is 0.0899. The summed E-state index contributed by atoms with van der Waals surface area (Å²) in [5.41, 5.74) is 2.12. The van der Waals surface area contributed by atoms with Gasteiger partial charge in [-0.2, -0.15) is 0 Å². The van der Waals surface area contributed by atoms with E-state index in [0.29, 0.717) is 22.9 Å². The highest BCUT2D eigenvalue weighted by atomic mass is 16.5. The number of aliphatic hydroxyl groups is 2. The average molecular weight is 370 g/mol. The molecule has 0 bridgehead atoms. The van der Waals surface area contributed by atoms with E-state index in [1.807, 2.05) is 24.3 Å². The summed E-state index contributed by atoms with van der Waals surface area (Å²) >= 11 is 0. The van der Waals surface area contributed by atoms with Crippen molar-refractivity contribution in [2.45, 2.75) is 26.2 Å². The van der Waals surface area contributed by atoms with Crippen molar-refractivity contribution in [1.82, 2.24) is 9.55 Å². The average Bonchev–Trinajstić information content (AvgIpc) is 3.03. The number of carbonyl (C=O) groups is 1. The molecular formula is C20H22N2O5. The smallest absolute Gasteiger partial charge is 0.161 e. The third-order valence-corrected chi connectivity index (χ3v) is 4.27. The number of ketones is 1. The van der Waals surface area contributed by atoms with Gasteiger partial charge in [-0.15, -0.1) is 0 Å². The van der Waals surface area contributed by atoms with E-state index < -0.39 is 6.10 Å². The number of methoxy groups -OCH3 is 1. The standard InChI is InChI=1S/C20H22N2O5/c1-13(24)14-7-8-18(19(9-14)26-2)27-12-15(25)10-22-17-6-4-3-5-16(17)21-20(22)11-23/h3-9,15,23,25H,10-12H2,1-2H3/t15-/m1/s1. The minimum Gasteiger partial charge on any atom is -0.493 e. The number of hydrogen-bond acceptors (Lipinski definition) is 6. The number of Topliss-reactive ketones (excluding diaryl/α,β-unsaturated/α-hetero) is 1. The Morgan fingerprint density at radius 3 is 2.70 bits per heavy atom. The molecule has 1 heterocycles. The van der Waals surface area contributed by atoms with Gasteiger partial charge in [-0.3, -0.25) is 4.79 Å². The first-order valence-corrected chi connectivity index (χ1v) is 8.58. The van der Waals surface area contributed by atoms with E-state index >= 15 is 0 Å². The lowest BCUT2D eigenvalue weighted by atomic mass is 10.1. The fourth-order valence-electron chi connectivity index (χ4n) is 2.91. The second-order valence-corrected chi connectivity index (χ2v) is 6.17. The molecular weight excluding hydrogens is 348 g/mol. The van der Waals surface area contributed by atoms with Crippen molar-refractivity contribution in [1.29, 1.82) is 0 Å². The van der Waals surface area contributed by atoms with Gasteiger partial charge < -0.3 is 24.3 Å². The molecule has 0 radical (unpaired) electrons. The van der Waals surface area contributed by atoms with Gasteiger partial charge in [0.05, 0.1) is 24.7 Å². The number of aromatic nitrogens is 2. The molecule has 0 saturated heterocycles. The van der Waals surface area contributed by atoms with Crippen LogP contribution in [-0.4, -0.2) is 45.4 Å². The van der Waals surface area contributed by atoms with Gasteiger partial charge in [0.25, 0.3) is 0 Å². The topological polar surface area (TPSA) is 93.8 Å². The Balaban J connectivity index is 1.72. The normalized spacial score (nSPS) is 12.1. The first-order chi connectivity index (χ1) is 13.0. The van der Waals surface area contributed by atoms with E-state index in [9.17, 15) is 15.0 Å². The number of carbonyl (C=O) groups excluding carboxylic acids is 1. The van der Waals surface area contributed by atoms with Crippen LogP contribution in [0, 0.1) is 0 Å². The van der Waals surface area contributed by atoms with Gasteiger partial charge in [0, 0.05) is 5.56 Å². The monoisotopic (exact) mass is 370 g/mol. The molecule has 142 valence electrons. The van der Waals surface area contributed by atoms with Gasteiger partial charge >= 0.3 is 0 Å². The number of aliphatic hydroxyl groups excluding tert-OH is 2. The molecule has 7 heteroatoms. The zero-order valence-corrected chi connectivity index (χ0v) is 15.3. The van der Waals surface area contributed by atoms with Crippen LogP contribution in [-0.2, 0) is 13.2 Å². The van der Waals surface area contributed by atoms with E-state index in [0.717, 1.165) is 11.0 Å². The maximum absolute atomic E-state index is 11.5. The van der Waals surface area contributed by atoms with Crippen LogP contribution in [0.5, 0.6) is 11.5 Å². The number of rotatable bonds is 8. The van der Waals surface area contributed by atoms with E-state index in [1.165, 1.54) is 14.0 Å². The second kappa shape index (κ2) is 8.20. The van der Waals surface area contributed by atoms with Crippen LogP contribution in [0.3, 0.4) is 0 Å².